The number of methoxy groups -OCH3 is 1. The van der Waals surface area contributed by atoms with E-state index in [1.54, 1.807) is 13.3 Å². The lowest BCUT2D eigenvalue weighted by Crippen LogP contribution is -2.16. The molecule has 1 atom stereocenters. The SMILES string of the molecule is COc1cc(-c2cc(OCC3CNC(=O)C3)c3cccnc3c2)cc2c1OCO2. The Balaban J connectivity index is 1.54. The van der Waals surface area contributed by atoms with E-state index in [9.17, 15) is 4.79 Å². The predicted octanol–water partition coefficient (Wildman–Crippen LogP) is 3.15. The van der Waals surface area contributed by atoms with Crippen LogP contribution >= 0.6 is 0 Å². The number of benzene rings is 2. The van der Waals surface area contributed by atoms with Gasteiger partial charge in [0.05, 0.1) is 19.2 Å². The lowest BCUT2D eigenvalue weighted by atomic mass is 10.0. The molecular formula is C22H20N2O5. The van der Waals surface area contributed by atoms with Crippen LogP contribution < -0.4 is 24.3 Å². The molecule has 5 rings (SSSR count). The van der Waals surface area contributed by atoms with E-state index in [0.29, 0.717) is 36.8 Å². The van der Waals surface area contributed by atoms with Gasteiger partial charge in [-0.3, -0.25) is 9.78 Å². The first-order valence-corrected chi connectivity index (χ1v) is 9.47. The van der Waals surface area contributed by atoms with Crippen LogP contribution in [-0.4, -0.2) is 37.9 Å². The monoisotopic (exact) mass is 392 g/mol. The summed E-state index contributed by atoms with van der Waals surface area (Å²) in [5.74, 6) is 2.87. The van der Waals surface area contributed by atoms with Crippen molar-refractivity contribution in [2.45, 2.75) is 6.42 Å². The molecule has 7 heteroatoms. The first-order chi connectivity index (χ1) is 14.2. The fourth-order valence-electron chi connectivity index (χ4n) is 3.72. The molecule has 1 aromatic heterocycles. The second-order valence-electron chi connectivity index (χ2n) is 7.14. The molecular weight excluding hydrogens is 372 g/mol. The molecule has 7 nitrogen and oxygen atoms in total. The van der Waals surface area contributed by atoms with E-state index in [0.717, 1.165) is 27.8 Å². The Bertz CT molecular complexity index is 1100. The van der Waals surface area contributed by atoms with E-state index >= 15 is 0 Å². The smallest absolute Gasteiger partial charge is 0.231 e. The van der Waals surface area contributed by atoms with Gasteiger partial charge in [-0.15, -0.1) is 0 Å². The Morgan fingerprint density at radius 1 is 1.17 bits per heavy atom. The van der Waals surface area contributed by atoms with Gasteiger partial charge < -0.3 is 24.3 Å². The largest absolute Gasteiger partial charge is 0.493 e. The summed E-state index contributed by atoms with van der Waals surface area (Å²) >= 11 is 0. The normalized spacial score (nSPS) is 17.4. The highest BCUT2D eigenvalue weighted by Gasteiger charge is 2.23. The van der Waals surface area contributed by atoms with Crippen LogP contribution in [0, 0.1) is 5.92 Å². The predicted molar refractivity (Wildman–Crippen MR) is 106 cm³/mol. The van der Waals surface area contributed by atoms with Gasteiger partial charge in [-0.2, -0.15) is 0 Å². The molecule has 0 aliphatic carbocycles. The number of fused-ring (bicyclic) bond motifs is 2. The average Bonchev–Trinajstić information content (AvgIpc) is 3.39. The summed E-state index contributed by atoms with van der Waals surface area (Å²) in [7, 11) is 1.61. The van der Waals surface area contributed by atoms with Gasteiger partial charge in [0.1, 0.15) is 5.75 Å². The number of aromatic nitrogens is 1. The molecule has 1 fully saturated rings. The molecule has 0 spiro atoms. The van der Waals surface area contributed by atoms with Crippen molar-refractivity contribution in [3.63, 3.8) is 0 Å². The first kappa shape index (κ1) is 17.6. The summed E-state index contributed by atoms with van der Waals surface area (Å²) in [5.41, 5.74) is 2.68. The Labute approximate surface area is 167 Å². The number of hydrogen-bond acceptors (Lipinski definition) is 6. The van der Waals surface area contributed by atoms with Crippen molar-refractivity contribution in [1.29, 1.82) is 0 Å². The van der Waals surface area contributed by atoms with Crippen LogP contribution in [0.15, 0.2) is 42.6 Å². The van der Waals surface area contributed by atoms with Crippen LogP contribution in [0.4, 0.5) is 0 Å². The van der Waals surface area contributed by atoms with E-state index < -0.39 is 0 Å². The molecule has 1 saturated heterocycles. The number of rotatable bonds is 5. The van der Waals surface area contributed by atoms with Gasteiger partial charge in [0, 0.05) is 30.5 Å². The van der Waals surface area contributed by atoms with E-state index in [1.165, 1.54) is 0 Å². The fraction of sp³-hybridized carbons (Fsp3) is 0.273. The maximum atomic E-state index is 11.5. The zero-order valence-electron chi connectivity index (χ0n) is 15.9. The van der Waals surface area contributed by atoms with Crippen LogP contribution in [0.5, 0.6) is 23.0 Å². The molecule has 2 aliphatic heterocycles. The van der Waals surface area contributed by atoms with Gasteiger partial charge in [0.25, 0.3) is 0 Å². The molecule has 0 saturated carbocycles. The number of nitrogens with one attached hydrogen (secondary N) is 1. The van der Waals surface area contributed by atoms with Crippen molar-refractivity contribution in [1.82, 2.24) is 10.3 Å². The highest BCUT2D eigenvalue weighted by molar-refractivity contribution is 5.90. The highest BCUT2D eigenvalue weighted by Crippen LogP contribution is 2.45. The maximum absolute atomic E-state index is 11.5. The molecule has 3 aromatic rings. The molecule has 29 heavy (non-hydrogen) atoms. The summed E-state index contributed by atoms with van der Waals surface area (Å²) in [6.07, 6.45) is 2.25. The molecule has 1 unspecified atom stereocenters. The van der Waals surface area contributed by atoms with Crippen molar-refractivity contribution >= 4 is 16.8 Å². The van der Waals surface area contributed by atoms with E-state index in [1.807, 2.05) is 36.4 Å². The quantitative estimate of drug-likeness (QED) is 0.719. The number of ether oxygens (including phenoxy) is 4. The van der Waals surface area contributed by atoms with Gasteiger partial charge >= 0.3 is 0 Å². The standard InChI is InChI=1S/C22H20N2O5/c1-26-19-8-15(9-20-22(19)29-12-28-20)14-6-17-16(3-2-4-23-17)18(7-14)27-11-13-5-21(25)24-10-13/h2-4,6-9,13H,5,10-12H2,1H3,(H,24,25). The van der Waals surface area contributed by atoms with Crippen molar-refractivity contribution < 1.29 is 23.7 Å². The first-order valence-electron chi connectivity index (χ1n) is 9.47. The van der Waals surface area contributed by atoms with Crippen molar-refractivity contribution in [2.24, 2.45) is 5.92 Å². The van der Waals surface area contributed by atoms with Crippen LogP contribution in [0.25, 0.3) is 22.0 Å². The molecule has 1 amide bonds. The molecule has 2 aromatic carbocycles. The number of hydrogen-bond donors (Lipinski definition) is 1. The third-order valence-corrected chi connectivity index (χ3v) is 5.21. The van der Waals surface area contributed by atoms with E-state index in [4.69, 9.17) is 18.9 Å². The number of nitrogens with zero attached hydrogens (tertiary/aromatic N) is 1. The number of pyridine rings is 1. The number of carbonyl (C=O) groups excluding carboxylic acids is 1. The Kier molecular flexibility index (Phi) is 4.35. The van der Waals surface area contributed by atoms with Gasteiger partial charge in [0.2, 0.25) is 18.4 Å². The van der Waals surface area contributed by atoms with Gasteiger partial charge in [-0.05, 0) is 47.5 Å². The Morgan fingerprint density at radius 2 is 2.03 bits per heavy atom. The summed E-state index contributed by atoms with van der Waals surface area (Å²) in [6, 6.07) is 11.7. The molecule has 1 N–H and O–H groups in total. The molecule has 0 bridgehead atoms. The average molecular weight is 392 g/mol. The lowest BCUT2D eigenvalue weighted by molar-refractivity contribution is -0.119. The third-order valence-electron chi connectivity index (χ3n) is 5.21. The van der Waals surface area contributed by atoms with E-state index in [-0.39, 0.29) is 18.6 Å². The van der Waals surface area contributed by atoms with Crippen LogP contribution in [-0.2, 0) is 4.79 Å². The highest BCUT2D eigenvalue weighted by atomic mass is 16.7. The summed E-state index contributed by atoms with van der Waals surface area (Å²) in [4.78, 5) is 16.0. The summed E-state index contributed by atoms with van der Waals surface area (Å²) < 4.78 is 22.7. The van der Waals surface area contributed by atoms with Crippen molar-refractivity contribution in [2.75, 3.05) is 27.1 Å². The minimum absolute atomic E-state index is 0.0753. The Morgan fingerprint density at radius 3 is 2.86 bits per heavy atom. The zero-order chi connectivity index (χ0) is 19.8. The Hall–Kier alpha value is -3.48. The van der Waals surface area contributed by atoms with E-state index in [2.05, 4.69) is 10.3 Å². The minimum atomic E-state index is 0.0753. The minimum Gasteiger partial charge on any atom is -0.493 e. The zero-order valence-corrected chi connectivity index (χ0v) is 15.9. The van der Waals surface area contributed by atoms with Gasteiger partial charge in [-0.25, -0.2) is 0 Å². The summed E-state index contributed by atoms with van der Waals surface area (Å²) in [6.45, 7) is 1.29. The molecule has 0 radical (unpaired) electrons. The van der Waals surface area contributed by atoms with Crippen molar-refractivity contribution in [3.8, 4) is 34.1 Å². The molecule has 3 heterocycles. The van der Waals surface area contributed by atoms with Crippen LogP contribution in [0.3, 0.4) is 0 Å². The van der Waals surface area contributed by atoms with Crippen molar-refractivity contribution in [3.05, 3.63) is 42.6 Å². The van der Waals surface area contributed by atoms with Crippen LogP contribution in [0.1, 0.15) is 6.42 Å². The summed E-state index contributed by atoms with van der Waals surface area (Å²) in [5, 5.41) is 3.78. The second kappa shape index (κ2) is 7.16. The topological polar surface area (TPSA) is 78.9 Å². The molecule has 2 aliphatic rings. The number of amides is 1. The molecule has 148 valence electrons. The second-order valence-corrected chi connectivity index (χ2v) is 7.14. The maximum Gasteiger partial charge on any atom is 0.231 e. The number of carbonyl (C=O) groups is 1. The fourth-order valence-corrected chi connectivity index (χ4v) is 3.72. The van der Waals surface area contributed by atoms with Crippen LogP contribution in [0.2, 0.25) is 0 Å². The van der Waals surface area contributed by atoms with Gasteiger partial charge in [-0.1, -0.05) is 0 Å². The van der Waals surface area contributed by atoms with Gasteiger partial charge in [0.15, 0.2) is 11.5 Å². The third kappa shape index (κ3) is 3.29. The lowest BCUT2D eigenvalue weighted by Gasteiger charge is -2.15.